The van der Waals surface area contributed by atoms with E-state index >= 15 is 0 Å². The summed E-state index contributed by atoms with van der Waals surface area (Å²) in [6, 6.07) is 0. The highest BCUT2D eigenvalue weighted by atomic mass is 16.5. The number of ether oxygens (including phenoxy) is 2. The van der Waals surface area contributed by atoms with Crippen molar-refractivity contribution in [1.82, 2.24) is 20.0 Å². The maximum absolute atomic E-state index is 12.7. The van der Waals surface area contributed by atoms with Crippen molar-refractivity contribution in [1.29, 1.82) is 0 Å². The summed E-state index contributed by atoms with van der Waals surface area (Å²) in [5, 5.41) is 3.36. The highest BCUT2D eigenvalue weighted by molar-refractivity contribution is 5.85. The van der Waals surface area contributed by atoms with E-state index in [1.165, 1.54) is 0 Å². The Morgan fingerprint density at radius 1 is 1.14 bits per heavy atom. The fraction of sp³-hybridized carbons (Fsp3) is 0.850. The summed E-state index contributed by atoms with van der Waals surface area (Å²) in [4.78, 5) is 34.9. The van der Waals surface area contributed by atoms with Gasteiger partial charge in [0, 0.05) is 66.0 Å². The minimum atomic E-state index is -0.0315. The highest BCUT2D eigenvalue weighted by Crippen LogP contribution is 2.20. The standard InChI is InChI=1S/C20H37N5O4/c1-4-28-13-5-8-21-20(22-16-18(26)23(2)3)25-9-6-17(7-10-25)19(27)24-11-14-29-15-12-24/h17H,4-16H2,1-3H3,(H,21,22). The molecule has 0 aliphatic carbocycles. The highest BCUT2D eigenvalue weighted by Gasteiger charge is 2.30. The molecular formula is C20H37N5O4. The average molecular weight is 412 g/mol. The fourth-order valence-corrected chi connectivity index (χ4v) is 3.45. The molecular weight excluding hydrogens is 374 g/mol. The van der Waals surface area contributed by atoms with Crippen molar-refractivity contribution in [3.05, 3.63) is 0 Å². The Kier molecular flexibility index (Phi) is 10.2. The summed E-state index contributed by atoms with van der Waals surface area (Å²) in [5.74, 6) is 1.02. The monoisotopic (exact) mass is 411 g/mol. The van der Waals surface area contributed by atoms with Gasteiger partial charge in [-0.1, -0.05) is 0 Å². The first-order valence-corrected chi connectivity index (χ1v) is 10.7. The molecule has 2 rings (SSSR count). The molecule has 166 valence electrons. The molecule has 0 radical (unpaired) electrons. The molecule has 0 bridgehead atoms. The zero-order valence-electron chi connectivity index (χ0n) is 18.2. The van der Waals surface area contributed by atoms with Crippen LogP contribution in [0.25, 0.3) is 0 Å². The summed E-state index contributed by atoms with van der Waals surface area (Å²) in [6.45, 7) is 8.42. The lowest BCUT2D eigenvalue weighted by Crippen LogP contribution is -2.50. The summed E-state index contributed by atoms with van der Waals surface area (Å²) >= 11 is 0. The van der Waals surface area contributed by atoms with Crippen LogP contribution in [0.4, 0.5) is 0 Å². The molecule has 0 atom stereocenters. The van der Waals surface area contributed by atoms with Crippen molar-refractivity contribution in [3.8, 4) is 0 Å². The van der Waals surface area contributed by atoms with Gasteiger partial charge in [-0.25, -0.2) is 4.99 Å². The molecule has 9 heteroatoms. The first-order valence-electron chi connectivity index (χ1n) is 10.7. The number of aliphatic imine (C=N–C) groups is 1. The van der Waals surface area contributed by atoms with Crippen LogP contribution in [0.2, 0.25) is 0 Å². The van der Waals surface area contributed by atoms with Gasteiger partial charge in [0.1, 0.15) is 6.54 Å². The molecule has 2 saturated heterocycles. The molecule has 0 saturated carbocycles. The van der Waals surface area contributed by atoms with Crippen molar-refractivity contribution in [2.24, 2.45) is 10.9 Å². The zero-order chi connectivity index (χ0) is 21.1. The Morgan fingerprint density at radius 3 is 2.45 bits per heavy atom. The number of rotatable bonds is 8. The van der Waals surface area contributed by atoms with E-state index in [1.54, 1.807) is 19.0 Å². The van der Waals surface area contributed by atoms with Crippen molar-refractivity contribution in [3.63, 3.8) is 0 Å². The van der Waals surface area contributed by atoms with E-state index in [-0.39, 0.29) is 24.3 Å². The molecule has 2 fully saturated rings. The molecule has 2 heterocycles. The molecule has 9 nitrogen and oxygen atoms in total. The fourth-order valence-electron chi connectivity index (χ4n) is 3.45. The normalized spacial score (nSPS) is 18.7. The van der Waals surface area contributed by atoms with Gasteiger partial charge >= 0.3 is 0 Å². The molecule has 0 aromatic rings. The molecule has 0 spiro atoms. The Hall–Kier alpha value is -1.87. The molecule has 0 unspecified atom stereocenters. The second-order valence-electron chi connectivity index (χ2n) is 7.60. The van der Waals surface area contributed by atoms with Crippen LogP contribution in [0.15, 0.2) is 4.99 Å². The number of piperidine rings is 1. The number of likely N-dealkylation sites (N-methyl/N-ethyl adjacent to an activating group) is 1. The van der Waals surface area contributed by atoms with Crippen LogP contribution in [-0.4, -0.2) is 112 Å². The van der Waals surface area contributed by atoms with Crippen LogP contribution in [-0.2, 0) is 19.1 Å². The maximum atomic E-state index is 12.7. The predicted molar refractivity (Wildman–Crippen MR) is 112 cm³/mol. The number of amides is 2. The summed E-state index contributed by atoms with van der Waals surface area (Å²) in [6.07, 6.45) is 2.48. The summed E-state index contributed by atoms with van der Waals surface area (Å²) in [7, 11) is 3.46. The van der Waals surface area contributed by atoms with E-state index in [0.717, 1.165) is 44.9 Å². The minimum absolute atomic E-state index is 0.0315. The molecule has 2 aliphatic heterocycles. The molecule has 1 N–H and O–H groups in total. The Labute approximate surface area is 174 Å². The Bertz CT molecular complexity index is 541. The number of hydrogen-bond donors (Lipinski definition) is 1. The molecule has 2 amide bonds. The van der Waals surface area contributed by atoms with Gasteiger partial charge in [0.15, 0.2) is 5.96 Å². The topological polar surface area (TPSA) is 86.7 Å². The number of carbonyl (C=O) groups is 2. The Morgan fingerprint density at radius 2 is 1.83 bits per heavy atom. The average Bonchev–Trinajstić information content (AvgIpc) is 2.75. The second kappa shape index (κ2) is 12.6. The lowest BCUT2D eigenvalue weighted by atomic mass is 9.95. The van der Waals surface area contributed by atoms with Crippen molar-refractivity contribution < 1.29 is 19.1 Å². The van der Waals surface area contributed by atoms with Crippen LogP contribution in [0.3, 0.4) is 0 Å². The first-order chi connectivity index (χ1) is 14.0. The van der Waals surface area contributed by atoms with E-state index in [4.69, 9.17) is 9.47 Å². The van der Waals surface area contributed by atoms with E-state index in [1.807, 2.05) is 11.8 Å². The molecule has 2 aliphatic rings. The van der Waals surface area contributed by atoms with Gasteiger partial charge in [0.25, 0.3) is 0 Å². The lowest BCUT2D eigenvalue weighted by Gasteiger charge is -2.36. The maximum Gasteiger partial charge on any atom is 0.243 e. The van der Waals surface area contributed by atoms with Crippen LogP contribution >= 0.6 is 0 Å². The molecule has 0 aromatic carbocycles. The smallest absolute Gasteiger partial charge is 0.243 e. The van der Waals surface area contributed by atoms with E-state index in [0.29, 0.717) is 39.5 Å². The lowest BCUT2D eigenvalue weighted by molar-refractivity contribution is -0.140. The van der Waals surface area contributed by atoms with Crippen LogP contribution in [0.5, 0.6) is 0 Å². The van der Waals surface area contributed by atoms with Gasteiger partial charge in [0.2, 0.25) is 11.8 Å². The number of nitrogens with zero attached hydrogens (tertiary/aromatic N) is 4. The first kappa shape index (κ1) is 23.4. The minimum Gasteiger partial charge on any atom is -0.382 e. The number of carbonyl (C=O) groups excluding carboxylic acids is 2. The van der Waals surface area contributed by atoms with Gasteiger partial charge in [0.05, 0.1) is 13.2 Å². The predicted octanol–water partition coefficient (Wildman–Crippen LogP) is 0.0176. The molecule has 29 heavy (non-hydrogen) atoms. The van der Waals surface area contributed by atoms with Crippen molar-refractivity contribution in [2.45, 2.75) is 26.2 Å². The quantitative estimate of drug-likeness (QED) is 0.344. The third-order valence-corrected chi connectivity index (χ3v) is 5.28. The van der Waals surface area contributed by atoms with Crippen molar-refractivity contribution in [2.75, 3.05) is 79.8 Å². The number of morpholine rings is 1. The second-order valence-corrected chi connectivity index (χ2v) is 7.60. The Balaban J connectivity index is 1.88. The molecule has 0 aromatic heterocycles. The van der Waals surface area contributed by atoms with Crippen molar-refractivity contribution >= 4 is 17.8 Å². The van der Waals surface area contributed by atoms with Crippen LogP contribution < -0.4 is 5.32 Å². The largest absolute Gasteiger partial charge is 0.382 e. The third kappa shape index (κ3) is 7.81. The number of likely N-dealkylation sites (tertiary alicyclic amines) is 1. The third-order valence-electron chi connectivity index (χ3n) is 5.28. The van der Waals surface area contributed by atoms with Crippen LogP contribution in [0.1, 0.15) is 26.2 Å². The summed E-state index contributed by atoms with van der Waals surface area (Å²) in [5.41, 5.74) is 0. The number of nitrogens with one attached hydrogen (secondary N) is 1. The number of hydrogen-bond acceptors (Lipinski definition) is 5. The van der Waals surface area contributed by atoms with E-state index in [9.17, 15) is 9.59 Å². The summed E-state index contributed by atoms with van der Waals surface area (Å²) < 4.78 is 10.7. The SMILES string of the molecule is CCOCCCNC(=NCC(=O)N(C)C)N1CCC(C(=O)N2CCOCC2)CC1. The van der Waals surface area contributed by atoms with E-state index in [2.05, 4.69) is 15.2 Å². The van der Waals surface area contributed by atoms with Gasteiger partial charge in [-0.15, -0.1) is 0 Å². The van der Waals surface area contributed by atoms with Crippen LogP contribution in [0, 0.1) is 5.92 Å². The van der Waals surface area contributed by atoms with Gasteiger partial charge in [-0.2, -0.15) is 0 Å². The zero-order valence-corrected chi connectivity index (χ0v) is 18.2. The number of guanidine groups is 1. The van der Waals surface area contributed by atoms with Gasteiger partial charge in [-0.3, -0.25) is 9.59 Å². The van der Waals surface area contributed by atoms with Gasteiger partial charge in [-0.05, 0) is 26.2 Å². The van der Waals surface area contributed by atoms with E-state index < -0.39 is 0 Å². The van der Waals surface area contributed by atoms with Gasteiger partial charge < -0.3 is 29.5 Å².